The number of carbonyl (C=O) groups excluding carboxylic acids is 1. The third-order valence-electron chi connectivity index (χ3n) is 5.63. The molecule has 8 heteroatoms. The molecular weight excluding hydrogens is 432 g/mol. The van der Waals surface area contributed by atoms with E-state index in [9.17, 15) is 14.4 Å². The monoisotopic (exact) mass is 464 g/mol. The zero-order valence-corrected chi connectivity index (χ0v) is 19.9. The SMILES string of the molecule is COCCN(C(=O)CC(c1ccccc1)c1ccccc1)c1c(N)n(CC(C)C)c(=O)[nH]c1=O. The van der Waals surface area contributed by atoms with Crippen LogP contribution in [0.15, 0.2) is 70.3 Å². The lowest BCUT2D eigenvalue weighted by Gasteiger charge is -2.27. The molecule has 0 atom stereocenters. The van der Waals surface area contributed by atoms with Crippen LogP contribution in [0.5, 0.6) is 0 Å². The van der Waals surface area contributed by atoms with Gasteiger partial charge in [0.25, 0.3) is 5.56 Å². The molecule has 0 spiro atoms. The second-order valence-corrected chi connectivity index (χ2v) is 8.61. The predicted octanol–water partition coefficient (Wildman–Crippen LogP) is 2.98. The van der Waals surface area contributed by atoms with Crippen LogP contribution in [0.3, 0.4) is 0 Å². The van der Waals surface area contributed by atoms with Gasteiger partial charge in [-0.05, 0) is 17.0 Å². The van der Waals surface area contributed by atoms with Gasteiger partial charge in [0.1, 0.15) is 5.82 Å². The van der Waals surface area contributed by atoms with Gasteiger partial charge in [0.2, 0.25) is 5.91 Å². The van der Waals surface area contributed by atoms with Gasteiger partial charge >= 0.3 is 5.69 Å². The lowest BCUT2D eigenvalue weighted by atomic mass is 9.88. The number of H-pyrrole nitrogens is 1. The van der Waals surface area contributed by atoms with Crippen LogP contribution >= 0.6 is 0 Å². The maximum absolute atomic E-state index is 13.7. The number of aromatic amines is 1. The summed E-state index contributed by atoms with van der Waals surface area (Å²) in [6, 6.07) is 19.5. The fraction of sp³-hybridized carbons (Fsp3) is 0.346. The van der Waals surface area contributed by atoms with Crippen molar-refractivity contribution in [3.63, 3.8) is 0 Å². The van der Waals surface area contributed by atoms with E-state index in [1.54, 1.807) is 0 Å². The van der Waals surface area contributed by atoms with Gasteiger partial charge in [-0.25, -0.2) is 4.79 Å². The summed E-state index contributed by atoms with van der Waals surface area (Å²) >= 11 is 0. The highest BCUT2D eigenvalue weighted by Gasteiger charge is 2.27. The highest BCUT2D eigenvalue weighted by molar-refractivity contribution is 5.96. The molecule has 0 bridgehead atoms. The molecule has 0 unspecified atom stereocenters. The van der Waals surface area contributed by atoms with Crippen molar-refractivity contribution < 1.29 is 9.53 Å². The highest BCUT2D eigenvalue weighted by atomic mass is 16.5. The van der Waals surface area contributed by atoms with E-state index < -0.39 is 11.2 Å². The summed E-state index contributed by atoms with van der Waals surface area (Å²) < 4.78 is 6.51. The van der Waals surface area contributed by atoms with Gasteiger partial charge in [0.05, 0.1) is 6.61 Å². The Morgan fingerprint density at radius 2 is 1.59 bits per heavy atom. The van der Waals surface area contributed by atoms with Crippen molar-refractivity contribution in [2.75, 3.05) is 30.9 Å². The summed E-state index contributed by atoms with van der Waals surface area (Å²) in [7, 11) is 1.52. The topological polar surface area (TPSA) is 110 Å². The van der Waals surface area contributed by atoms with Crippen molar-refractivity contribution in [3.05, 3.63) is 92.6 Å². The number of ether oxygens (including phenoxy) is 1. The molecule has 0 fully saturated rings. The first kappa shape index (κ1) is 25.0. The molecule has 1 heterocycles. The number of carbonyl (C=O) groups is 1. The van der Waals surface area contributed by atoms with Gasteiger partial charge in [-0.15, -0.1) is 0 Å². The Morgan fingerprint density at radius 1 is 1.03 bits per heavy atom. The van der Waals surface area contributed by atoms with Crippen molar-refractivity contribution in [3.8, 4) is 0 Å². The standard InChI is InChI=1S/C26H32N4O4/c1-18(2)17-30-24(27)23(25(32)28-26(30)33)29(14-15-34-3)22(31)16-21(19-10-6-4-7-11-19)20-12-8-5-9-13-20/h4-13,18,21H,14-17,27H2,1-3H3,(H,28,32,33). The molecule has 34 heavy (non-hydrogen) atoms. The molecule has 0 aliphatic rings. The third-order valence-corrected chi connectivity index (χ3v) is 5.63. The number of rotatable bonds is 10. The lowest BCUT2D eigenvalue weighted by Crippen LogP contribution is -2.43. The summed E-state index contributed by atoms with van der Waals surface area (Å²) in [5.41, 5.74) is 6.97. The lowest BCUT2D eigenvalue weighted by molar-refractivity contribution is -0.119. The number of hydrogen-bond acceptors (Lipinski definition) is 5. The molecule has 0 radical (unpaired) electrons. The van der Waals surface area contributed by atoms with Gasteiger partial charge in [-0.1, -0.05) is 74.5 Å². The first-order valence-electron chi connectivity index (χ1n) is 11.3. The van der Waals surface area contributed by atoms with Crippen molar-refractivity contribution in [1.82, 2.24) is 9.55 Å². The molecule has 3 aromatic rings. The zero-order chi connectivity index (χ0) is 24.7. The van der Waals surface area contributed by atoms with Crippen LogP contribution in [0, 0.1) is 5.92 Å². The highest BCUT2D eigenvalue weighted by Crippen LogP contribution is 2.30. The number of nitrogens with zero attached hydrogens (tertiary/aromatic N) is 2. The summed E-state index contributed by atoms with van der Waals surface area (Å²) in [5.74, 6) is -0.422. The number of hydrogen-bond donors (Lipinski definition) is 2. The van der Waals surface area contributed by atoms with Gasteiger partial charge in [-0.2, -0.15) is 0 Å². The van der Waals surface area contributed by atoms with Crippen molar-refractivity contribution in [1.29, 1.82) is 0 Å². The van der Waals surface area contributed by atoms with Crippen LogP contribution in [-0.2, 0) is 16.1 Å². The number of nitrogen functional groups attached to an aromatic ring is 1. The Bertz CT molecular complexity index is 1160. The van der Waals surface area contributed by atoms with Crippen LogP contribution in [0.25, 0.3) is 0 Å². The molecule has 1 amide bonds. The van der Waals surface area contributed by atoms with E-state index >= 15 is 0 Å². The molecule has 3 rings (SSSR count). The van der Waals surface area contributed by atoms with Gasteiger partial charge in [0.15, 0.2) is 5.69 Å². The maximum Gasteiger partial charge on any atom is 0.330 e. The number of methoxy groups -OCH3 is 1. The summed E-state index contributed by atoms with van der Waals surface area (Å²) in [4.78, 5) is 42.6. The Labute approximate surface area is 199 Å². The fourth-order valence-corrected chi connectivity index (χ4v) is 4.01. The Morgan fingerprint density at radius 3 is 2.09 bits per heavy atom. The smallest absolute Gasteiger partial charge is 0.330 e. The molecular formula is C26H32N4O4. The first-order chi connectivity index (χ1) is 16.3. The van der Waals surface area contributed by atoms with Crippen LogP contribution < -0.4 is 21.9 Å². The second-order valence-electron chi connectivity index (χ2n) is 8.61. The fourth-order valence-electron chi connectivity index (χ4n) is 4.01. The number of benzene rings is 2. The molecule has 0 aliphatic heterocycles. The number of amides is 1. The van der Waals surface area contributed by atoms with Crippen LogP contribution in [0.2, 0.25) is 0 Å². The molecule has 0 saturated heterocycles. The third kappa shape index (κ3) is 5.82. The van der Waals surface area contributed by atoms with E-state index in [1.807, 2.05) is 74.5 Å². The normalized spacial score (nSPS) is 11.2. The largest absolute Gasteiger partial charge is 0.383 e. The van der Waals surface area contributed by atoms with E-state index in [0.717, 1.165) is 11.1 Å². The van der Waals surface area contributed by atoms with Crippen LogP contribution in [-0.4, -0.2) is 35.7 Å². The molecule has 2 aromatic carbocycles. The number of anilines is 2. The quantitative estimate of drug-likeness (QED) is 0.479. The average molecular weight is 465 g/mol. The van der Waals surface area contributed by atoms with E-state index in [0.29, 0.717) is 6.54 Å². The molecule has 1 aromatic heterocycles. The van der Waals surface area contributed by atoms with E-state index in [-0.39, 0.29) is 48.8 Å². The number of aromatic nitrogens is 2. The van der Waals surface area contributed by atoms with Crippen molar-refractivity contribution in [2.45, 2.75) is 32.7 Å². The second kappa shape index (κ2) is 11.5. The minimum atomic E-state index is -0.692. The first-order valence-corrected chi connectivity index (χ1v) is 11.3. The molecule has 0 aliphatic carbocycles. The molecule has 8 nitrogen and oxygen atoms in total. The zero-order valence-electron chi connectivity index (χ0n) is 19.9. The minimum Gasteiger partial charge on any atom is -0.383 e. The Kier molecular flexibility index (Phi) is 8.43. The summed E-state index contributed by atoms with van der Waals surface area (Å²) in [6.45, 7) is 4.52. The van der Waals surface area contributed by atoms with Crippen molar-refractivity contribution in [2.24, 2.45) is 5.92 Å². The molecule has 0 saturated carbocycles. The number of nitrogens with one attached hydrogen (secondary N) is 1. The van der Waals surface area contributed by atoms with E-state index in [2.05, 4.69) is 4.98 Å². The van der Waals surface area contributed by atoms with Crippen LogP contribution in [0.1, 0.15) is 37.3 Å². The van der Waals surface area contributed by atoms with E-state index in [1.165, 1.54) is 16.6 Å². The summed E-state index contributed by atoms with van der Waals surface area (Å²) in [6.07, 6.45) is 0.111. The van der Waals surface area contributed by atoms with Gasteiger partial charge < -0.3 is 15.4 Å². The Balaban J connectivity index is 2.05. The minimum absolute atomic E-state index is 0.0251. The van der Waals surface area contributed by atoms with Crippen LogP contribution in [0.4, 0.5) is 11.5 Å². The van der Waals surface area contributed by atoms with Crippen molar-refractivity contribution >= 4 is 17.4 Å². The van der Waals surface area contributed by atoms with Gasteiger partial charge in [-0.3, -0.25) is 19.1 Å². The maximum atomic E-state index is 13.7. The van der Waals surface area contributed by atoms with E-state index in [4.69, 9.17) is 10.5 Å². The van der Waals surface area contributed by atoms with Gasteiger partial charge in [0, 0.05) is 32.5 Å². The number of nitrogens with two attached hydrogens (primary N) is 1. The predicted molar refractivity (Wildman–Crippen MR) is 134 cm³/mol. The summed E-state index contributed by atoms with van der Waals surface area (Å²) in [5, 5.41) is 0. The average Bonchev–Trinajstić information content (AvgIpc) is 2.83. The molecule has 3 N–H and O–H groups in total. The Hall–Kier alpha value is -3.65. The molecule has 180 valence electrons.